The largest absolute Gasteiger partial charge is 0.505 e. The number of nitrogens with one attached hydrogen (secondary N) is 1. The molecule has 37 heavy (non-hydrogen) atoms. The van der Waals surface area contributed by atoms with Crippen molar-refractivity contribution in [1.82, 2.24) is 4.90 Å². The quantitative estimate of drug-likeness (QED) is 0.222. The zero-order valence-corrected chi connectivity index (χ0v) is 20.0. The van der Waals surface area contributed by atoms with Crippen molar-refractivity contribution in [3.05, 3.63) is 23.3 Å². The normalized spacial score (nSPS) is 30.6. The Labute approximate surface area is 211 Å². The number of hydrogen-bond acceptors (Lipinski definition) is 10. The van der Waals surface area contributed by atoms with E-state index < -0.39 is 76.2 Å². The highest BCUT2D eigenvalue weighted by atomic mass is 16.5. The summed E-state index contributed by atoms with van der Waals surface area (Å²) in [6.45, 7) is -0.328. The van der Waals surface area contributed by atoms with Gasteiger partial charge in [0.1, 0.15) is 5.75 Å². The summed E-state index contributed by atoms with van der Waals surface area (Å²) in [4.78, 5) is 78.8. The van der Waals surface area contributed by atoms with Gasteiger partial charge in [-0.25, -0.2) is 4.79 Å². The van der Waals surface area contributed by atoms with Gasteiger partial charge in [0.05, 0.1) is 23.2 Å². The fraction of sp³-hybridized carbons (Fsp3) is 0.440. The number of likely N-dealkylation sites (N-methyl/N-ethyl adjacent to an activating group) is 1. The Morgan fingerprint density at radius 3 is 2.51 bits per heavy atom. The third kappa shape index (κ3) is 3.78. The van der Waals surface area contributed by atoms with Crippen LogP contribution in [0.1, 0.15) is 22.3 Å². The number of aliphatic hydroxyl groups is 1. The molecule has 0 aromatic heterocycles. The van der Waals surface area contributed by atoms with Crippen LogP contribution in [0.15, 0.2) is 12.1 Å². The molecule has 2 fully saturated rings. The molecule has 0 heterocycles. The van der Waals surface area contributed by atoms with Crippen molar-refractivity contribution in [3.8, 4) is 18.1 Å². The van der Waals surface area contributed by atoms with Gasteiger partial charge in [0.15, 0.2) is 41.3 Å². The first-order valence-corrected chi connectivity index (χ1v) is 11.4. The molecular formula is C25H25N3O9. The monoisotopic (exact) mass is 511 g/mol. The summed E-state index contributed by atoms with van der Waals surface area (Å²) in [6.07, 6.45) is 4.12. The van der Waals surface area contributed by atoms with Crippen molar-refractivity contribution in [3.63, 3.8) is 0 Å². The van der Waals surface area contributed by atoms with Gasteiger partial charge in [-0.15, -0.1) is 6.42 Å². The second-order valence-corrected chi connectivity index (χ2v) is 9.69. The highest BCUT2D eigenvalue weighted by Gasteiger charge is 2.69. The molecule has 12 heteroatoms. The number of carbonyl (C=O) groups excluding carboxylic acids is 6. The minimum absolute atomic E-state index is 0.0525. The van der Waals surface area contributed by atoms with E-state index in [4.69, 9.17) is 16.9 Å². The average molecular weight is 511 g/mol. The fourth-order valence-corrected chi connectivity index (χ4v) is 5.93. The van der Waals surface area contributed by atoms with E-state index in [1.807, 2.05) is 0 Å². The molecule has 4 rings (SSSR count). The van der Waals surface area contributed by atoms with E-state index in [2.05, 4.69) is 11.2 Å². The summed E-state index contributed by atoms with van der Waals surface area (Å²) in [5.41, 5.74) is 2.45. The van der Waals surface area contributed by atoms with Crippen LogP contribution >= 0.6 is 0 Å². The van der Waals surface area contributed by atoms with Gasteiger partial charge in [0.25, 0.3) is 0 Å². The van der Waals surface area contributed by atoms with Crippen LogP contribution in [0.4, 0.5) is 10.5 Å². The van der Waals surface area contributed by atoms with Gasteiger partial charge in [-0.1, -0.05) is 12.0 Å². The number of nitrogens with zero attached hydrogens (tertiary/aromatic N) is 1. The number of rotatable bonds is 4. The van der Waals surface area contributed by atoms with Crippen molar-refractivity contribution in [2.75, 3.05) is 26.0 Å². The molecule has 0 aliphatic heterocycles. The van der Waals surface area contributed by atoms with Crippen LogP contribution in [0.25, 0.3) is 0 Å². The number of benzene rings is 1. The number of fused-ring (bicyclic) bond motifs is 3. The molecule has 3 aliphatic carbocycles. The standard InChI is InChI=1S/C25H25N3O9/c1-4-7-37-24(35)27-13-6-5-10-8-11-9-12-17(28(2)3)20(31)16(23(26)34)22(33)25(12,36)21(32)15(11)19(30)14(10)18(13)29/h1,5-6,11-12,15-17,29,36H,7-9H2,2-3H3,(H2,26,34)(H,27,35)/t11-,12-,15?,16?,17-,25-/m1/s1. The van der Waals surface area contributed by atoms with Crippen LogP contribution in [0.2, 0.25) is 0 Å². The highest BCUT2D eigenvalue weighted by Crippen LogP contribution is 2.51. The first-order chi connectivity index (χ1) is 17.4. The first kappa shape index (κ1) is 26.0. The maximum Gasteiger partial charge on any atom is 0.412 e. The van der Waals surface area contributed by atoms with Crippen LogP contribution in [0, 0.1) is 36.0 Å². The molecule has 0 spiro atoms. The molecule has 194 valence electrons. The fourth-order valence-electron chi connectivity index (χ4n) is 5.93. The SMILES string of the molecule is C#CCOC(=O)Nc1ccc2c(c1O)C(=O)C1C(=O)[C@@]3(O)C(=O)C(C(N)=O)C(=O)[C@H](N(C)C)[C@H]3C[C@H]1C2. The Morgan fingerprint density at radius 1 is 1.24 bits per heavy atom. The second kappa shape index (κ2) is 9.10. The first-order valence-electron chi connectivity index (χ1n) is 11.4. The molecule has 0 radical (unpaired) electrons. The number of hydrogen-bond donors (Lipinski definition) is 4. The molecule has 1 aromatic carbocycles. The smallest absolute Gasteiger partial charge is 0.412 e. The number of nitrogens with two attached hydrogens (primary N) is 1. The second-order valence-electron chi connectivity index (χ2n) is 9.69. The van der Waals surface area contributed by atoms with Crippen molar-refractivity contribution in [2.24, 2.45) is 29.4 Å². The van der Waals surface area contributed by atoms with Gasteiger partial charge in [-0.05, 0) is 44.5 Å². The summed E-state index contributed by atoms with van der Waals surface area (Å²) in [5, 5.41) is 24.6. The number of phenolic OH excluding ortho intramolecular Hbond substituents is 1. The van der Waals surface area contributed by atoms with E-state index >= 15 is 0 Å². The van der Waals surface area contributed by atoms with E-state index in [1.54, 1.807) is 0 Å². The lowest BCUT2D eigenvalue weighted by atomic mass is 9.52. The number of aromatic hydroxyl groups is 1. The summed E-state index contributed by atoms with van der Waals surface area (Å²) < 4.78 is 4.70. The molecule has 6 atom stereocenters. The number of terminal acetylenes is 1. The third-order valence-electron chi connectivity index (χ3n) is 7.46. The molecule has 0 saturated heterocycles. The lowest BCUT2D eigenvalue weighted by Gasteiger charge is -2.52. The summed E-state index contributed by atoms with van der Waals surface area (Å²) in [5.74, 6) is -9.44. The Kier molecular flexibility index (Phi) is 6.39. The third-order valence-corrected chi connectivity index (χ3v) is 7.46. The molecule has 5 N–H and O–H groups in total. The van der Waals surface area contributed by atoms with Gasteiger partial charge in [0.2, 0.25) is 5.91 Å². The summed E-state index contributed by atoms with van der Waals surface area (Å²) in [7, 11) is 3.02. The van der Waals surface area contributed by atoms with Gasteiger partial charge in [-0.2, -0.15) is 0 Å². The zero-order chi connectivity index (χ0) is 27.4. The number of primary amides is 1. The topological polar surface area (TPSA) is 193 Å². The maximum atomic E-state index is 13.7. The van der Waals surface area contributed by atoms with E-state index in [0.717, 1.165) is 0 Å². The zero-order valence-electron chi connectivity index (χ0n) is 20.0. The van der Waals surface area contributed by atoms with Crippen molar-refractivity contribution in [1.29, 1.82) is 0 Å². The van der Waals surface area contributed by atoms with Gasteiger partial charge in [0, 0.05) is 5.92 Å². The minimum Gasteiger partial charge on any atom is -0.505 e. The van der Waals surface area contributed by atoms with E-state index in [1.165, 1.54) is 31.1 Å². The predicted octanol–water partition coefficient (Wildman–Crippen LogP) is -0.951. The molecule has 12 nitrogen and oxygen atoms in total. The average Bonchev–Trinajstić information content (AvgIpc) is 2.81. The number of phenols is 1. The van der Waals surface area contributed by atoms with Crippen LogP contribution in [-0.4, -0.2) is 82.6 Å². The van der Waals surface area contributed by atoms with Crippen LogP contribution in [0.5, 0.6) is 5.75 Å². The number of carbonyl (C=O) groups is 6. The molecule has 3 aliphatic rings. The molecule has 2 amide bonds. The Morgan fingerprint density at radius 2 is 1.92 bits per heavy atom. The lowest BCUT2D eigenvalue weighted by molar-refractivity contribution is -0.181. The van der Waals surface area contributed by atoms with Crippen molar-refractivity contribution >= 4 is 40.8 Å². The van der Waals surface area contributed by atoms with Crippen LogP contribution < -0.4 is 11.1 Å². The number of anilines is 1. The molecule has 0 bridgehead atoms. The van der Waals surface area contributed by atoms with Crippen LogP contribution in [0.3, 0.4) is 0 Å². The highest BCUT2D eigenvalue weighted by molar-refractivity contribution is 6.32. The number of Topliss-reactive ketones (excluding diaryl/α,β-unsaturated/α-hetero) is 4. The molecule has 1 aromatic rings. The van der Waals surface area contributed by atoms with Crippen molar-refractivity contribution < 1.29 is 43.7 Å². The predicted molar refractivity (Wildman–Crippen MR) is 125 cm³/mol. The summed E-state index contributed by atoms with van der Waals surface area (Å²) >= 11 is 0. The Balaban J connectivity index is 1.76. The van der Waals surface area contributed by atoms with Crippen molar-refractivity contribution in [2.45, 2.75) is 24.5 Å². The summed E-state index contributed by atoms with van der Waals surface area (Å²) in [6, 6.07) is 1.68. The van der Waals surface area contributed by atoms with Gasteiger partial charge >= 0.3 is 6.09 Å². The van der Waals surface area contributed by atoms with E-state index in [-0.39, 0.29) is 30.7 Å². The van der Waals surface area contributed by atoms with Gasteiger partial charge < -0.3 is 20.7 Å². The molecule has 2 unspecified atom stereocenters. The number of ketones is 4. The Bertz CT molecular complexity index is 1300. The number of amides is 2. The number of ether oxygens (including phenoxy) is 1. The van der Waals surface area contributed by atoms with Gasteiger partial charge in [-0.3, -0.25) is 34.2 Å². The maximum absolute atomic E-state index is 13.7. The lowest BCUT2D eigenvalue weighted by Crippen LogP contribution is -2.74. The minimum atomic E-state index is -2.80. The van der Waals surface area contributed by atoms with E-state index in [0.29, 0.717) is 5.56 Å². The molecular weight excluding hydrogens is 486 g/mol. The molecule has 2 saturated carbocycles. The van der Waals surface area contributed by atoms with Crippen LogP contribution in [-0.2, 0) is 30.3 Å². The Hall–Kier alpha value is -4.08. The van der Waals surface area contributed by atoms with E-state index in [9.17, 15) is 39.0 Å².